The van der Waals surface area contributed by atoms with E-state index in [9.17, 15) is 26.4 Å². The second-order valence-corrected chi connectivity index (χ2v) is 13.9. The van der Waals surface area contributed by atoms with Gasteiger partial charge in [-0.25, -0.2) is 21.6 Å². The molecule has 0 saturated carbocycles. The normalized spacial score (nSPS) is 27.8. The van der Waals surface area contributed by atoms with E-state index in [1.54, 1.807) is 25.7 Å². The highest BCUT2D eigenvalue weighted by atomic mass is 32.2. The molecule has 0 bridgehead atoms. The van der Waals surface area contributed by atoms with Crippen LogP contribution >= 0.6 is 0 Å². The Morgan fingerprint density at radius 2 is 1.61 bits per heavy atom. The Balaban J connectivity index is 1.62. The van der Waals surface area contributed by atoms with Crippen LogP contribution in [0.3, 0.4) is 0 Å². The number of piperazine rings is 1. The Morgan fingerprint density at radius 3 is 2.16 bits per heavy atom. The Labute approximate surface area is 184 Å². The number of sulfonamides is 1. The first-order chi connectivity index (χ1) is 14.3. The molecule has 10 nitrogen and oxygen atoms in total. The second-order valence-electron chi connectivity index (χ2n) is 9.48. The molecule has 178 valence electrons. The number of sulfone groups is 1. The summed E-state index contributed by atoms with van der Waals surface area (Å²) in [6.45, 7) is 6.48. The number of amides is 2. The molecule has 2 unspecified atom stereocenters. The molecule has 3 aliphatic rings. The highest BCUT2D eigenvalue weighted by Crippen LogP contribution is 2.25. The number of carbonyl (C=O) groups excluding carboxylic acids is 2. The largest absolute Gasteiger partial charge is 0.444 e. The molecule has 0 aromatic carbocycles. The first kappa shape index (κ1) is 24.2. The number of ether oxygens (including phenoxy) is 1. The first-order valence-corrected chi connectivity index (χ1v) is 14.1. The fraction of sp³-hybridized carbons (Fsp3) is 0.895. The maximum absolute atomic E-state index is 13.2. The molecule has 0 aromatic heterocycles. The smallest absolute Gasteiger partial charge is 0.410 e. The van der Waals surface area contributed by atoms with Crippen molar-refractivity contribution in [3.63, 3.8) is 0 Å². The lowest BCUT2D eigenvalue weighted by atomic mass is 10.0. The molecule has 0 spiro atoms. The summed E-state index contributed by atoms with van der Waals surface area (Å²) in [7, 11) is -7.02. The number of piperidine rings is 1. The molecule has 12 heteroatoms. The molecule has 31 heavy (non-hydrogen) atoms. The second kappa shape index (κ2) is 8.86. The fourth-order valence-corrected chi connectivity index (χ4v) is 8.82. The van der Waals surface area contributed by atoms with Crippen LogP contribution in [0.15, 0.2) is 0 Å². The van der Waals surface area contributed by atoms with Gasteiger partial charge in [-0.1, -0.05) is 0 Å². The Hall–Kier alpha value is -1.40. The molecule has 0 aromatic rings. The highest BCUT2D eigenvalue weighted by molar-refractivity contribution is 7.95. The van der Waals surface area contributed by atoms with Gasteiger partial charge >= 0.3 is 6.09 Å². The summed E-state index contributed by atoms with van der Waals surface area (Å²) in [5, 5.41) is -0.902. The van der Waals surface area contributed by atoms with Gasteiger partial charge < -0.3 is 9.64 Å². The lowest BCUT2D eigenvalue weighted by Crippen LogP contribution is -2.58. The standard InChI is InChI=1S/C19H33N3O7S2/c1-19(2,3)29-18(24)22-8-5-4-6-16(22)17(23)20-9-11-21(12-10-20)31(27,28)15-7-13-30(25,26)14-15/h15-16H,4-14H2,1-3H3. The zero-order valence-electron chi connectivity index (χ0n) is 18.4. The summed E-state index contributed by atoms with van der Waals surface area (Å²) in [4.78, 5) is 28.8. The van der Waals surface area contributed by atoms with Gasteiger partial charge in [-0.2, -0.15) is 4.31 Å². The zero-order valence-corrected chi connectivity index (χ0v) is 20.1. The van der Waals surface area contributed by atoms with E-state index >= 15 is 0 Å². The molecule has 2 atom stereocenters. The van der Waals surface area contributed by atoms with E-state index in [-0.39, 0.29) is 50.0 Å². The number of carbonyl (C=O) groups is 2. The SMILES string of the molecule is CC(C)(C)OC(=O)N1CCCCC1C(=O)N1CCN(S(=O)(=O)C2CCS(=O)(=O)C2)CC1. The number of likely N-dealkylation sites (tertiary alicyclic amines) is 1. The van der Waals surface area contributed by atoms with Crippen LogP contribution in [0, 0.1) is 0 Å². The molecule has 3 heterocycles. The van der Waals surface area contributed by atoms with Gasteiger partial charge in [-0.05, 0) is 46.5 Å². The van der Waals surface area contributed by atoms with Crippen molar-refractivity contribution in [2.24, 2.45) is 0 Å². The van der Waals surface area contributed by atoms with E-state index in [1.807, 2.05) is 0 Å². The van der Waals surface area contributed by atoms with E-state index in [0.717, 1.165) is 12.8 Å². The van der Waals surface area contributed by atoms with Crippen molar-refractivity contribution in [2.75, 3.05) is 44.2 Å². The third kappa shape index (κ3) is 5.70. The molecule has 3 saturated heterocycles. The molecule has 3 fully saturated rings. The predicted molar refractivity (Wildman–Crippen MR) is 115 cm³/mol. The lowest BCUT2D eigenvalue weighted by Gasteiger charge is -2.41. The number of nitrogens with zero attached hydrogens (tertiary/aromatic N) is 3. The van der Waals surface area contributed by atoms with Gasteiger partial charge in [0.05, 0.1) is 16.8 Å². The van der Waals surface area contributed by atoms with Crippen molar-refractivity contribution < 1.29 is 31.2 Å². The van der Waals surface area contributed by atoms with Gasteiger partial charge in [0.2, 0.25) is 15.9 Å². The topological polar surface area (TPSA) is 121 Å². The zero-order chi connectivity index (χ0) is 23.0. The van der Waals surface area contributed by atoms with Crippen molar-refractivity contribution in [2.45, 2.75) is 63.3 Å². The Bertz CT molecular complexity index is 903. The van der Waals surface area contributed by atoms with Crippen LogP contribution in [-0.2, 0) is 29.4 Å². The fourth-order valence-electron chi connectivity index (χ4n) is 4.31. The molecule has 2 amide bonds. The Kier molecular flexibility index (Phi) is 6.93. The predicted octanol–water partition coefficient (Wildman–Crippen LogP) is 0.437. The van der Waals surface area contributed by atoms with E-state index in [2.05, 4.69) is 0 Å². The van der Waals surface area contributed by atoms with Gasteiger partial charge in [0.1, 0.15) is 11.6 Å². The van der Waals surface area contributed by atoms with Gasteiger partial charge in [-0.3, -0.25) is 9.69 Å². The van der Waals surface area contributed by atoms with Gasteiger partial charge in [0.15, 0.2) is 9.84 Å². The number of hydrogen-bond donors (Lipinski definition) is 0. The van der Waals surface area contributed by atoms with E-state index < -0.39 is 42.8 Å². The van der Waals surface area contributed by atoms with E-state index in [1.165, 1.54) is 9.21 Å². The quantitative estimate of drug-likeness (QED) is 0.576. The van der Waals surface area contributed by atoms with Gasteiger partial charge in [-0.15, -0.1) is 0 Å². The molecule has 0 N–H and O–H groups in total. The molecular weight excluding hydrogens is 446 g/mol. The third-order valence-electron chi connectivity index (χ3n) is 5.94. The van der Waals surface area contributed by atoms with Crippen molar-refractivity contribution >= 4 is 31.9 Å². The summed E-state index contributed by atoms with van der Waals surface area (Å²) >= 11 is 0. The van der Waals surface area contributed by atoms with Gasteiger partial charge in [0.25, 0.3) is 0 Å². The van der Waals surface area contributed by atoms with E-state index in [4.69, 9.17) is 4.74 Å². The van der Waals surface area contributed by atoms with Gasteiger partial charge in [0, 0.05) is 32.7 Å². The highest BCUT2D eigenvalue weighted by Gasteiger charge is 2.43. The minimum absolute atomic E-state index is 0.0997. The number of hydrogen-bond acceptors (Lipinski definition) is 7. The minimum Gasteiger partial charge on any atom is -0.444 e. The molecule has 0 aliphatic carbocycles. The van der Waals surface area contributed by atoms with Crippen molar-refractivity contribution in [1.29, 1.82) is 0 Å². The maximum atomic E-state index is 13.2. The summed E-state index contributed by atoms with van der Waals surface area (Å²) in [5.74, 6) is -0.620. The average Bonchev–Trinajstić information content (AvgIpc) is 3.07. The molecule has 3 aliphatic heterocycles. The Morgan fingerprint density at radius 1 is 0.968 bits per heavy atom. The summed E-state index contributed by atoms with van der Waals surface area (Å²) in [6.07, 6.45) is 1.81. The first-order valence-electron chi connectivity index (χ1n) is 10.8. The monoisotopic (exact) mass is 479 g/mol. The van der Waals surface area contributed by atoms with E-state index in [0.29, 0.717) is 13.0 Å². The van der Waals surface area contributed by atoms with Crippen LogP contribution in [0.25, 0.3) is 0 Å². The average molecular weight is 480 g/mol. The lowest BCUT2D eigenvalue weighted by molar-refractivity contribution is -0.139. The summed E-state index contributed by atoms with van der Waals surface area (Å²) < 4.78 is 55.8. The van der Waals surface area contributed by atoms with Crippen molar-refractivity contribution in [1.82, 2.24) is 14.1 Å². The third-order valence-corrected chi connectivity index (χ3v) is 10.2. The van der Waals surface area contributed by atoms with Crippen molar-refractivity contribution in [3.05, 3.63) is 0 Å². The molecular formula is C19H33N3O7S2. The van der Waals surface area contributed by atoms with Crippen LogP contribution in [0.2, 0.25) is 0 Å². The van der Waals surface area contributed by atoms with Crippen LogP contribution in [0.4, 0.5) is 4.79 Å². The summed E-state index contributed by atoms with van der Waals surface area (Å²) in [5.41, 5.74) is -0.657. The van der Waals surface area contributed by atoms with Crippen LogP contribution in [0.5, 0.6) is 0 Å². The maximum Gasteiger partial charge on any atom is 0.410 e. The van der Waals surface area contributed by atoms with Crippen LogP contribution in [-0.4, -0.2) is 104 Å². The van der Waals surface area contributed by atoms with Crippen LogP contribution in [0.1, 0.15) is 46.5 Å². The summed E-state index contributed by atoms with van der Waals surface area (Å²) in [6, 6.07) is -0.605. The minimum atomic E-state index is -3.72. The van der Waals surface area contributed by atoms with Crippen LogP contribution < -0.4 is 0 Å². The molecule has 0 radical (unpaired) electrons. The molecule has 3 rings (SSSR count). The number of rotatable bonds is 3. The van der Waals surface area contributed by atoms with Crippen molar-refractivity contribution in [3.8, 4) is 0 Å².